The zero-order valence-electron chi connectivity index (χ0n) is 14.8. The van der Waals surface area contributed by atoms with Crippen molar-refractivity contribution in [1.29, 1.82) is 0 Å². The van der Waals surface area contributed by atoms with Crippen LogP contribution >= 0.6 is 0 Å². The van der Waals surface area contributed by atoms with Gasteiger partial charge in [-0.15, -0.1) is 0 Å². The summed E-state index contributed by atoms with van der Waals surface area (Å²) in [4.78, 5) is 10.3. The van der Waals surface area contributed by atoms with Gasteiger partial charge < -0.3 is 5.11 Å². The van der Waals surface area contributed by atoms with Gasteiger partial charge in [-0.1, -0.05) is 83.9 Å². The average Bonchev–Trinajstić information content (AvgIpc) is 2.37. The highest BCUT2D eigenvalue weighted by atomic mass is 16.4. The first kappa shape index (κ1) is 12.5. The van der Waals surface area contributed by atoms with E-state index in [1.807, 2.05) is 0 Å². The summed E-state index contributed by atoms with van der Waals surface area (Å²) >= 11 is 0. The third-order valence-electron chi connectivity index (χ3n) is 3.32. The van der Waals surface area contributed by atoms with Gasteiger partial charge in [-0.2, -0.15) is 0 Å². The molecule has 0 rings (SSSR count). The highest BCUT2D eigenvalue weighted by molar-refractivity contribution is 5.66. The quantitative estimate of drug-likeness (QED) is 0.415. The molecule has 0 saturated heterocycles. The molecule has 0 aromatic heterocycles. The highest BCUT2D eigenvalue weighted by Gasteiger charge is 1.96. The molecule has 0 aromatic carbocycles. The minimum absolute atomic E-state index is 0.307. The van der Waals surface area contributed by atoms with Crippen LogP contribution in [0.25, 0.3) is 0 Å². The summed E-state index contributed by atoms with van der Waals surface area (Å²) in [7, 11) is 0. The van der Waals surface area contributed by atoms with E-state index in [4.69, 9.17) is 9.22 Å². The lowest BCUT2D eigenvalue weighted by Gasteiger charge is -2.02. The van der Waals surface area contributed by atoms with Crippen molar-refractivity contribution < 1.29 is 14.0 Å². The molecule has 0 aliphatic carbocycles. The van der Waals surface area contributed by atoms with Crippen LogP contribution in [0, 0.1) is 0 Å². The summed E-state index contributed by atoms with van der Waals surface area (Å²) in [6, 6.07) is 0. The molecule has 0 radical (unpaired) electrons. The Hall–Kier alpha value is -0.530. The minimum atomic E-state index is -1.75. The molecule has 0 bridgehead atoms. The van der Waals surface area contributed by atoms with Gasteiger partial charge in [0.2, 0.25) is 0 Å². The van der Waals surface area contributed by atoms with Crippen molar-refractivity contribution in [2.45, 2.75) is 96.7 Å². The van der Waals surface area contributed by atoms with Crippen molar-refractivity contribution in [1.82, 2.24) is 0 Å². The van der Waals surface area contributed by atoms with Crippen molar-refractivity contribution in [3.8, 4) is 0 Å². The Kier molecular flexibility index (Phi) is 10.1. The zero-order chi connectivity index (χ0) is 16.0. The van der Waals surface area contributed by atoms with Gasteiger partial charge in [-0.25, -0.2) is 0 Å². The van der Waals surface area contributed by atoms with E-state index in [9.17, 15) is 4.79 Å². The monoisotopic (exact) mass is 259 g/mol. The number of hydrogen-bond donors (Lipinski definition) is 1. The number of rotatable bonds is 14. The van der Waals surface area contributed by atoms with Crippen molar-refractivity contribution in [3.05, 3.63) is 0 Å². The molecular formula is C16H32O2. The van der Waals surface area contributed by atoms with E-state index in [1.54, 1.807) is 0 Å². The van der Waals surface area contributed by atoms with Gasteiger partial charge in [0.1, 0.15) is 0 Å². The van der Waals surface area contributed by atoms with Crippen LogP contribution < -0.4 is 0 Å². The third-order valence-corrected chi connectivity index (χ3v) is 3.32. The van der Waals surface area contributed by atoms with E-state index in [2.05, 4.69) is 0 Å². The molecule has 0 unspecified atom stereocenters. The molecule has 0 fully saturated rings. The molecule has 18 heavy (non-hydrogen) atoms. The molecule has 0 saturated carbocycles. The molecule has 2 heteroatoms. The lowest BCUT2D eigenvalue weighted by molar-refractivity contribution is -0.137. The number of carbonyl (C=O) groups is 1. The summed E-state index contributed by atoms with van der Waals surface area (Å²) in [6.45, 7) is -1.75. The summed E-state index contributed by atoms with van der Waals surface area (Å²) in [5, 5.41) is 8.50. The molecule has 0 atom stereocenters. The molecule has 0 amide bonds. The van der Waals surface area contributed by atoms with Crippen LogP contribution in [0.2, 0.25) is 0 Å². The zero-order valence-corrected chi connectivity index (χ0v) is 11.8. The number of unbranched alkanes of at least 4 members (excludes halogenated alkanes) is 11. The fourth-order valence-corrected chi connectivity index (χ4v) is 2.17. The van der Waals surface area contributed by atoms with E-state index in [-0.39, 0.29) is 0 Å². The Balaban J connectivity index is 3.04. The smallest absolute Gasteiger partial charge is 0.303 e. The van der Waals surface area contributed by atoms with E-state index >= 15 is 0 Å². The molecule has 0 heterocycles. The predicted octanol–water partition coefficient (Wildman–Crippen LogP) is 5.55. The summed E-state index contributed by atoms with van der Waals surface area (Å²) in [6.07, 6.45) is 14.2. The minimum Gasteiger partial charge on any atom is -0.481 e. The molecule has 0 aliphatic rings. The highest BCUT2D eigenvalue weighted by Crippen LogP contribution is 2.12. The Morgan fingerprint density at radius 3 is 1.56 bits per heavy atom. The molecular weight excluding hydrogens is 224 g/mol. The lowest BCUT2D eigenvalue weighted by atomic mass is 10.0. The van der Waals surface area contributed by atoms with Gasteiger partial charge in [-0.05, 0) is 6.42 Å². The molecule has 0 aliphatic heterocycles. The van der Waals surface area contributed by atoms with Crippen molar-refractivity contribution in [3.63, 3.8) is 0 Å². The van der Waals surface area contributed by atoms with Crippen LogP contribution in [-0.4, -0.2) is 11.1 Å². The van der Waals surface area contributed by atoms with E-state index in [0.717, 1.165) is 38.5 Å². The molecule has 2 nitrogen and oxygen atoms in total. The van der Waals surface area contributed by atoms with Crippen molar-refractivity contribution in [2.24, 2.45) is 0 Å². The van der Waals surface area contributed by atoms with Gasteiger partial charge in [0.25, 0.3) is 0 Å². The topological polar surface area (TPSA) is 37.3 Å². The predicted molar refractivity (Wildman–Crippen MR) is 77.9 cm³/mol. The van der Waals surface area contributed by atoms with Crippen LogP contribution in [-0.2, 0) is 4.79 Å². The van der Waals surface area contributed by atoms with E-state index in [0.29, 0.717) is 12.8 Å². The first-order valence-electron chi connectivity index (χ1n) is 9.13. The van der Waals surface area contributed by atoms with Crippen LogP contribution in [0.15, 0.2) is 0 Å². The Labute approximate surface area is 117 Å². The average molecular weight is 259 g/mol. The standard InChI is InChI=1S/C16H32O2/c1-2-3-4-5-6-7-8-9-10-11-12-13-14-15-16(17)18/h2-15H2,1H3,(H,17,18)/i1D3. The Morgan fingerprint density at radius 2 is 1.17 bits per heavy atom. The second-order valence-electron chi connectivity index (χ2n) is 5.14. The Morgan fingerprint density at radius 1 is 0.778 bits per heavy atom. The normalized spacial score (nSPS) is 13.9. The van der Waals surface area contributed by atoms with Gasteiger partial charge in [0.15, 0.2) is 0 Å². The first-order chi connectivity index (χ1) is 9.92. The Bertz CT molecular complexity index is 252. The van der Waals surface area contributed by atoms with Gasteiger partial charge in [0.05, 0.1) is 0 Å². The van der Waals surface area contributed by atoms with Gasteiger partial charge in [0, 0.05) is 10.5 Å². The van der Waals surface area contributed by atoms with Crippen molar-refractivity contribution >= 4 is 5.97 Å². The maximum absolute atomic E-state index is 10.3. The largest absolute Gasteiger partial charge is 0.481 e. The van der Waals surface area contributed by atoms with E-state index in [1.165, 1.54) is 38.5 Å². The number of hydrogen-bond acceptors (Lipinski definition) is 1. The second-order valence-corrected chi connectivity index (χ2v) is 5.14. The molecule has 1 N–H and O–H groups in total. The van der Waals surface area contributed by atoms with Crippen LogP contribution in [0.4, 0.5) is 0 Å². The van der Waals surface area contributed by atoms with Gasteiger partial charge >= 0.3 is 5.97 Å². The summed E-state index contributed by atoms with van der Waals surface area (Å²) in [5.41, 5.74) is 0. The van der Waals surface area contributed by atoms with E-state index < -0.39 is 12.8 Å². The molecule has 0 aromatic rings. The SMILES string of the molecule is [2H]C([2H])([2H])CCCCCCCCCCCCCCC(=O)O. The van der Waals surface area contributed by atoms with Crippen LogP contribution in [0.5, 0.6) is 0 Å². The van der Waals surface area contributed by atoms with Crippen molar-refractivity contribution in [2.75, 3.05) is 0 Å². The lowest BCUT2D eigenvalue weighted by Crippen LogP contribution is -1.93. The summed E-state index contributed by atoms with van der Waals surface area (Å²) in [5.74, 6) is -0.686. The van der Waals surface area contributed by atoms with Gasteiger partial charge in [-0.3, -0.25) is 4.79 Å². The number of carboxylic acids is 1. The fourth-order valence-electron chi connectivity index (χ4n) is 2.17. The number of aliphatic carboxylic acids is 1. The van der Waals surface area contributed by atoms with Crippen LogP contribution in [0.1, 0.15) is 101 Å². The molecule has 0 spiro atoms. The summed E-state index contributed by atoms with van der Waals surface area (Å²) < 4.78 is 21.3. The number of carboxylic acid groups (broad SMARTS) is 1. The maximum Gasteiger partial charge on any atom is 0.303 e. The third kappa shape index (κ3) is 15.5. The second kappa shape index (κ2) is 14.5. The fraction of sp³-hybridized carbons (Fsp3) is 0.938. The maximum atomic E-state index is 10.3. The van der Waals surface area contributed by atoms with Crippen LogP contribution in [0.3, 0.4) is 0 Å². The molecule has 108 valence electrons. The first-order valence-corrected chi connectivity index (χ1v) is 7.63.